The molecule has 0 fully saturated rings. The minimum Gasteiger partial charge on any atom is -0.378 e. The SMILES string of the molecule is Cc1cnccc1CNc1cnn(C(C)C)c(=O)c1Cl. The highest BCUT2D eigenvalue weighted by Crippen LogP contribution is 2.18. The minimum atomic E-state index is -0.280. The quantitative estimate of drug-likeness (QED) is 0.941. The zero-order valence-electron chi connectivity index (χ0n) is 11.7. The van der Waals surface area contributed by atoms with Crippen molar-refractivity contribution in [3.8, 4) is 0 Å². The second-order valence-corrected chi connectivity index (χ2v) is 5.25. The predicted octanol–water partition coefficient (Wildman–Crippen LogP) is 2.79. The van der Waals surface area contributed by atoms with Crippen LogP contribution in [0.2, 0.25) is 5.02 Å². The van der Waals surface area contributed by atoms with E-state index in [9.17, 15) is 4.79 Å². The molecular weight excluding hydrogens is 276 g/mol. The van der Waals surface area contributed by atoms with Crippen LogP contribution in [-0.4, -0.2) is 14.8 Å². The molecule has 0 aromatic carbocycles. The summed E-state index contributed by atoms with van der Waals surface area (Å²) in [4.78, 5) is 16.1. The highest BCUT2D eigenvalue weighted by Gasteiger charge is 2.11. The van der Waals surface area contributed by atoms with Gasteiger partial charge in [-0.1, -0.05) is 11.6 Å². The predicted molar refractivity (Wildman–Crippen MR) is 80.2 cm³/mol. The van der Waals surface area contributed by atoms with Gasteiger partial charge in [0.15, 0.2) is 0 Å². The third kappa shape index (κ3) is 2.99. The molecule has 0 unspecified atom stereocenters. The second-order valence-electron chi connectivity index (χ2n) is 4.87. The molecule has 20 heavy (non-hydrogen) atoms. The third-order valence-electron chi connectivity index (χ3n) is 3.04. The van der Waals surface area contributed by atoms with E-state index in [1.807, 2.05) is 26.8 Å². The lowest BCUT2D eigenvalue weighted by Gasteiger charge is -2.13. The fourth-order valence-electron chi connectivity index (χ4n) is 1.83. The first-order chi connectivity index (χ1) is 9.50. The van der Waals surface area contributed by atoms with E-state index < -0.39 is 0 Å². The van der Waals surface area contributed by atoms with Crippen LogP contribution in [0, 0.1) is 6.92 Å². The van der Waals surface area contributed by atoms with Gasteiger partial charge in [-0.2, -0.15) is 5.10 Å². The van der Waals surface area contributed by atoms with Crippen LogP contribution in [0.15, 0.2) is 29.5 Å². The summed E-state index contributed by atoms with van der Waals surface area (Å²) in [5.74, 6) is 0. The van der Waals surface area contributed by atoms with Crippen molar-refractivity contribution in [3.63, 3.8) is 0 Å². The Hall–Kier alpha value is -1.88. The van der Waals surface area contributed by atoms with Gasteiger partial charge >= 0.3 is 0 Å². The van der Waals surface area contributed by atoms with Crippen LogP contribution in [0.4, 0.5) is 5.69 Å². The number of halogens is 1. The van der Waals surface area contributed by atoms with Gasteiger partial charge in [0.25, 0.3) is 5.56 Å². The van der Waals surface area contributed by atoms with E-state index in [1.54, 1.807) is 18.6 Å². The van der Waals surface area contributed by atoms with Gasteiger partial charge in [0, 0.05) is 18.9 Å². The number of hydrogen-bond donors (Lipinski definition) is 1. The molecule has 1 N–H and O–H groups in total. The zero-order chi connectivity index (χ0) is 14.7. The number of rotatable bonds is 4. The van der Waals surface area contributed by atoms with Crippen molar-refractivity contribution in [3.05, 3.63) is 51.2 Å². The van der Waals surface area contributed by atoms with Gasteiger partial charge in [-0.3, -0.25) is 9.78 Å². The van der Waals surface area contributed by atoms with Gasteiger partial charge in [-0.25, -0.2) is 4.68 Å². The monoisotopic (exact) mass is 292 g/mol. The molecule has 0 saturated heterocycles. The average Bonchev–Trinajstić information content (AvgIpc) is 2.41. The van der Waals surface area contributed by atoms with Gasteiger partial charge in [0.2, 0.25) is 0 Å². The highest BCUT2D eigenvalue weighted by molar-refractivity contribution is 6.32. The molecule has 106 valence electrons. The lowest BCUT2D eigenvalue weighted by atomic mass is 10.1. The van der Waals surface area contributed by atoms with E-state index in [1.165, 1.54) is 4.68 Å². The molecule has 0 radical (unpaired) electrons. The lowest BCUT2D eigenvalue weighted by molar-refractivity contribution is 0.503. The van der Waals surface area contributed by atoms with Crippen molar-refractivity contribution in [2.45, 2.75) is 33.4 Å². The van der Waals surface area contributed by atoms with Crippen molar-refractivity contribution in [1.29, 1.82) is 0 Å². The minimum absolute atomic E-state index is 0.0171. The third-order valence-corrected chi connectivity index (χ3v) is 3.40. The summed E-state index contributed by atoms with van der Waals surface area (Å²) >= 11 is 6.10. The summed E-state index contributed by atoms with van der Waals surface area (Å²) in [6.07, 6.45) is 5.12. The Morgan fingerprint density at radius 2 is 2.15 bits per heavy atom. The Bertz CT molecular complexity index is 666. The van der Waals surface area contributed by atoms with E-state index in [2.05, 4.69) is 15.4 Å². The van der Waals surface area contributed by atoms with Crippen LogP contribution in [0.25, 0.3) is 0 Å². The van der Waals surface area contributed by atoms with Crippen LogP contribution < -0.4 is 10.9 Å². The summed E-state index contributed by atoms with van der Waals surface area (Å²) in [6.45, 7) is 6.33. The number of anilines is 1. The first kappa shape index (κ1) is 14.5. The molecule has 6 heteroatoms. The first-order valence-corrected chi connectivity index (χ1v) is 6.79. The van der Waals surface area contributed by atoms with E-state index in [-0.39, 0.29) is 16.6 Å². The number of pyridine rings is 1. The number of nitrogens with zero attached hydrogens (tertiary/aromatic N) is 3. The first-order valence-electron chi connectivity index (χ1n) is 6.41. The molecule has 0 saturated carbocycles. The van der Waals surface area contributed by atoms with Gasteiger partial charge < -0.3 is 5.32 Å². The van der Waals surface area contributed by atoms with E-state index in [0.717, 1.165) is 11.1 Å². The molecule has 0 aliphatic heterocycles. The molecule has 0 bridgehead atoms. The Labute approximate surface area is 122 Å². The highest BCUT2D eigenvalue weighted by atomic mass is 35.5. The van der Waals surface area contributed by atoms with Crippen molar-refractivity contribution >= 4 is 17.3 Å². The molecule has 2 aromatic rings. The smallest absolute Gasteiger partial charge is 0.287 e. The summed E-state index contributed by atoms with van der Waals surface area (Å²) in [7, 11) is 0. The molecule has 5 nitrogen and oxygen atoms in total. The van der Waals surface area contributed by atoms with Gasteiger partial charge in [-0.05, 0) is 38.0 Å². The molecular formula is C14H17ClN4O. The summed E-state index contributed by atoms with van der Waals surface area (Å²) < 4.78 is 1.37. The van der Waals surface area contributed by atoms with Crippen LogP contribution in [0.5, 0.6) is 0 Å². The zero-order valence-corrected chi connectivity index (χ0v) is 12.5. The molecule has 2 aromatic heterocycles. The van der Waals surface area contributed by atoms with Crippen molar-refractivity contribution in [2.75, 3.05) is 5.32 Å². The maximum atomic E-state index is 12.0. The fourth-order valence-corrected chi connectivity index (χ4v) is 2.03. The molecule has 2 rings (SSSR count). The van der Waals surface area contributed by atoms with Gasteiger partial charge in [0.1, 0.15) is 5.02 Å². The van der Waals surface area contributed by atoms with Crippen LogP contribution in [0.1, 0.15) is 31.0 Å². The Morgan fingerprint density at radius 1 is 1.40 bits per heavy atom. The van der Waals surface area contributed by atoms with E-state index in [4.69, 9.17) is 11.6 Å². The molecule has 0 amide bonds. The Morgan fingerprint density at radius 3 is 2.80 bits per heavy atom. The van der Waals surface area contributed by atoms with E-state index >= 15 is 0 Å². The fraction of sp³-hybridized carbons (Fsp3) is 0.357. The molecule has 2 heterocycles. The summed E-state index contributed by atoms with van der Waals surface area (Å²) in [5.41, 5.74) is 2.45. The summed E-state index contributed by atoms with van der Waals surface area (Å²) in [5, 5.41) is 7.43. The van der Waals surface area contributed by atoms with Crippen LogP contribution >= 0.6 is 11.6 Å². The maximum Gasteiger partial charge on any atom is 0.287 e. The molecule has 0 aliphatic carbocycles. The number of nitrogens with one attached hydrogen (secondary N) is 1. The Balaban J connectivity index is 2.21. The Kier molecular flexibility index (Phi) is 4.39. The largest absolute Gasteiger partial charge is 0.378 e. The number of aromatic nitrogens is 3. The van der Waals surface area contributed by atoms with Crippen LogP contribution in [0.3, 0.4) is 0 Å². The van der Waals surface area contributed by atoms with Gasteiger partial charge in [0.05, 0.1) is 17.9 Å². The van der Waals surface area contributed by atoms with Gasteiger partial charge in [-0.15, -0.1) is 0 Å². The second kappa shape index (κ2) is 6.05. The van der Waals surface area contributed by atoms with Crippen molar-refractivity contribution < 1.29 is 0 Å². The number of aryl methyl sites for hydroxylation is 1. The van der Waals surface area contributed by atoms with E-state index in [0.29, 0.717) is 12.2 Å². The maximum absolute atomic E-state index is 12.0. The van der Waals surface area contributed by atoms with Crippen molar-refractivity contribution in [1.82, 2.24) is 14.8 Å². The van der Waals surface area contributed by atoms with Crippen LogP contribution in [-0.2, 0) is 6.54 Å². The molecule has 0 spiro atoms. The topological polar surface area (TPSA) is 59.8 Å². The lowest BCUT2D eigenvalue weighted by Crippen LogP contribution is -2.25. The normalized spacial score (nSPS) is 10.8. The number of hydrogen-bond acceptors (Lipinski definition) is 4. The summed E-state index contributed by atoms with van der Waals surface area (Å²) in [6, 6.07) is 1.91. The average molecular weight is 293 g/mol. The molecule has 0 aliphatic rings. The standard InChI is InChI=1S/C14H17ClN4O/c1-9(2)19-14(20)13(15)12(8-18-19)17-7-11-4-5-16-6-10(11)3/h4-6,8-9,17H,7H2,1-3H3. The molecule has 0 atom stereocenters. The van der Waals surface area contributed by atoms with Crippen molar-refractivity contribution in [2.24, 2.45) is 0 Å².